The molecule has 27 heavy (non-hydrogen) atoms. The Balaban J connectivity index is 1.81. The molecule has 4 heteroatoms. The Morgan fingerprint density at radius 1 is 0.852 bits per heavy atom. The van der Waals surface area contributed by atoms with Crippen LogP contribution in [-0.4, -0.2) is 16.3 Å². The first-order chi connectivity index (χ1) is 12.5. The summed E-state index contributed by atoms with van der Waals surface area (Å²) in [6, 6.07) is 15.7. The summed E-state index contributed by atoms with van der Waals surface area (Å²) in [5.74, 6) is 1.52. The van der Waals surface area contributed by atoms with E-state index < -0.39 is 5.60 Å². The summed E-state index contributed by atoms with van der Waals surface area (Å²) in [5.41, 5.74) is 1.64. The Labute approximate surface area is 160 Å². The maximum atomic E-state index is 12.3. The van der Waals surface area contributed by atoms with Gasteiger partial charge in [0.1, 0.15) is 17.1 Å². The molecule has 0 saturated heterocycles. The van der Waals surface area contributed by atoms with Gasteiger partial charge < -0.3 is 9.47 Å². The van der Waals surface area contributed by atoms with Gasteiger partial charge in [0, 0.05) is 11.6 Å². The van der Waals surface area contributed by atoms with Crippen LogP contribution >= 0.6 is 0 Å². The van der Waals surface area contributed by atoms with Crippen LogP contribution in [0, 0.1) is 0 Å². The average molecular weight is 365 g/mol. The van der Waals surface area contributed by atoms with Crippen LogP contribution in [0.2, 0.25) is 0 Å². The van der Waals surface area contributed by atoms with E-state index in [-0.39, 0.29) is 11.5 Å². The third kappa shape index (κ3) is 4.51. The number of benzene rings is 2. The summed E-state index contributed by atoms with van der Waals surface area (Å²) in [7, 11) is 0. The molecule has 2 aromatic carbocycles. The quantitative estimate of drug-likeness (QED) is 0.519. The monoisotopic (exact) mass is 365 g/mol. The predicted octanol–water partition coefficient (Wildman–Crippen LogP) is 6.51. The highest BCUT2D eigenvalue weighted by Crippen LogP contribution is 2.29. The van der Waals surface area contributed by atoms with Crippen LogP contribution < -0.4 is 4.74 Å². The van der Waals surface area contributed by atoms with Gasteiger partial charge in [-0.2, -0.15) is 0 Å². The Hall–Kier alpha value is -2.75. The molecule has 4 nitrogen and oxygen atoms in total. The molecule has 142 valence electrons. The van der Waals surface area contributed by atoms with Gasteiger partial charge in [-0.1, -0.05) is 32.9 Å². The molecule has 0 unspecified atom stereocenters. The normalized spacial score (nSPS) is 12.2. The fourth-order valence-corrected chi connectivity index (χ4v) is 2.81. The maximum Gasteiger partial charge on any atom is 0.418 e. The molecule has 0 N–H and O–H groups in total. The molecule has 0 radical (unpaired) electrons. The van der Waals surface area contributed by atoms with E-state index in [1.54, 1.807) is 6.20 Å². The molecule has 0 fully saturated rings. The number of rotatable bonds is 2. The van der Waals surface area contributed by atoms with Crippen molar-refractivity contribution in [3.05, 3.63) is 60.3 Å². The Kier molecular flexibility index (Phi) is 4.77. The molecule has 0 aliphatic carbocycles. The Bertz CT molecular complexity index is 954. The van der Waals surface area contributed by atoms with Gasteiger partial charge in [-0.25, -0.2) is 4.79 Å². The van der Waals surface area contributed by atoms with E-state index in [2.05, 4.69) is 32.9 Å². The van der Waals surface area contributed by atoms with Crippen LogP contribution in [0.25, 0.3) is 10.9 Å². The van der Waals surface area contributed by atoms with Gasteiger partial charge in [0.2, 0.25) is 0 Å². The van der Waals surface area contributed by atoms with Crippen molar-refractivity contribution in [1.82, 2.24) is 4.57 Å². The van der Waals surface area contributed by atoms with Crippen molar-refractivity contribution in [2.45, 2.75) is 52.6 Å². The van der Waals surface area contributed by atoms with E-state index in [0.29, 0.717) is 0 Å². The van der Waals surface area contributed by atoms with E-state index >= 15 is 0 Å². The first-order valence-electron chi connectivity index (χ1n) is 9.16. The van der Waals surface area contributed by atoms with E-state index in [9.17, 15) is 4.79 Å². The molecule has 3 rings (SSSR count). The molecule has 0 amide bonds. The molecular weight excluding hydrogens is 338 g/mol. The average Bonchev–Trinajstić information content (AvgIpc) is 2.96. The summed E-state index contributed by atoms with van der Waals surface area (Å²) in [5, 5.41) is 0.921. The van der Waals surface area contributed by atoms with Crippen LogP contribution in [0.3, 0.4) is 0 Å². The number of aromatic nitrogens is 1. The number of carbonyl (C=O) groups is 1. The first kappa shape index (κ1) is 19.0. The van der Waals surface area contributed by atoms with Crippen LogP contribution in [0.5, 0.6) is 11.5 Å². The van der Waals surface area contributed by atoms with Crippen LogP contribution in [0.15, 0.2) is 54.7 Å². The maximum absolute atomic E-state index is 12.3. The van der Waals surface area contributed by atoms with Gasteiger partial charge in [-0.3, -0.25) is 4.57 Å². The molecule has 0 spiro atoms. The molecule has 0 bridgehead atoms. The number of ether oxygens (including phenoxy) is 2. The number of nitrogens with zero attached hydrogens (tertiary/aromatic N) is 1. The summed E-state index contributed by atoms with van der Waals surface area (Å²) >= 11 is 0. The fraction of sp³-hybridized carbons (Fsp3) is 0.348. The van der Waals surface area contributed by atoms with E-state index in [4.69, 9.17) is 9.47 Å². The number of fused-ring (bicyclic) bond motifs is 1. The van der Waals surface area contributed by atoms with Gasteiger partial charge in [-0.05, 0) is 68.1 Å². The minimum atomic E-state index is -0.532. The van der Waals surface area contributed by atoms with Crippen molar-refractivity contribution in [3.63, 3.8) is 0 Å². The number of hydrogen-bond donors (Lipinski definition) is 0. The second-order valence-electron chi connectivity index (χ2n) is 8.76. The lowest BCUT2D eigenvalue weighted by atomic mass is 9.87. The zero-order valence-corrected chi connectivity index (χ0v) is 16.9. The first-order valence-corrected chi connectivity index (χ1v) is 9.16. The van der Waals surface area contributed by atoms with Crippen molar-refractivity contribution < 1.29 is 14.3 Å². The van der Waals surface area contributed by atoms with Gasteiger partial charge in [0.25, 0.3) is 0 Å². The zero-order valence-electron chi connectivity index (χ0n) is 16.9. The molecule has 0 aliphatic heterocycles. The molecule has 0 atom stereocenters. The third-order valence-corrected chi connectivity index (χ3v) is 4.21. The lowest BCUT2D eigenvalue weighted by Crippen LogP contribution is -2.26. The highest BCUT2D eigenvalue weighted by Gasteiger charge is 2.19. The molecular formula is C23H27NO3. The zero-order chi connectivity index (χ0) is 19.8. The van der Waals surface area contributed by atoms with Crippen LogP contribution in [-0.2, 0) is 10.2 Å². The molecule has 0 aliphatic rings. The highest BCUT2D eigenvalue weighted by molar-refractivity contribution is 5.90. The van der Waals surface area contributed by atoms with Crippen LogP contribution in [0.4, 0.5) is 4.79 Å². The lowest BCUT2D eigenvalue weighted by molar-refractivity contribution is 0.0544. The van der Waals surface area contributed by atoms with Crippen molar-refractivity contribution in [1.29, 1.82) is 0 Å². The number of hydrogen-bond acceptors (Lipinski definition) is 3. The minimum Gasteiger partial charge on any atom is -0.457 e. The summed E-state index contributed by atoms with van der Waals surface area (Å²) in [6.45, 7) is 12.1. The highest BCUT2D eigenvalue weighted by atomic mass is 16.6. The summed E-state index contributed by atoms with van der Waals surface area (Å²) < 4.78 is 12.9. The summed E-state index contributed by atoms with van der Waals surface area (Å²) in [4.78, 5) is 12.3. The van der Waals surface area contributed by atoms with Crippen molar-refractivity contribution in [2.24, 2.45) is 0 Å². The Morgan fingerprint density at radius 2 is 1.48 bits per heavy atom. The third-order valence-electron chi connectivity index (χ3n) is 4.21. The second kappa shape index (κ2) is 6.76. The predicted molar refractivity (Wildman–Crippen MR) is 109 cm³/mol. The number of carbonyl (C=O) groups excluding carboxylic acids is 1. The lowest BCUT2D eigenvalue weighted by Gasteiger charge is -2.20. The van der Waals surface area contributed by atoms with Gasteiger partial charge >= 0.3 is 6.09 Å². The summed E-state index contributed by atoms with van der Waals surface area (Å²) in [6.07, 6.45) is 1.34. The molecule has 1 heterocycles. The smallest absolute Gasteiger partial charge is 0.418 e. The second-order valence-corrected chi connectivity index (χ2v) is 8.76. The largest absolute Gasteiger partial charge is 0.457 e. The van der Waals surface area contributed by atoms with Gasteiger partial charge in [0.15, 0.2) is 0 Å². The van der Waals surface area contributed by atoms with Gasteiger partial charge in [0.05, 0.1) is 5.52 Å². The van der Waals surface area contributed by atoms with Crippen LogP contribution in [0.1, 0.15) is 47.1 Å². The van der Waals surface area contributed by atoms with Crippen molar-refractivity contribution >= 4 is 17.0 Å². The van der Waals surface area contributed by atoms with Gasteiger partial charge in [-0.15, -0.1) is 0 Å². The molecule has 3 aromatic rings. The van der Waals surface area contributed by atoms with Crippen molar-refractivity contribution in [2.75, 3.05) is 0 Å². The molecule has 0 saturated carbocycles. The van der Waals surface area contributed by atoms with E-state index in [0.717, 1.165) is 22.4 Å². The minimum absolute atomic E-state index is 0.113. The van der Waals surface area contributed by atoms with Crippen molar-refractivity contribution in [3.8, 4) is 11.5 Å². The van der Waals surface area contributed by atoms with E-state index in [1.807, 2.05) is 57.2 Å². The fourth-order valence-electron chi connectivity index (χ4n) is 2.81. The van der Waals surface area contributed by atoms with E-state index in [1.165, 1.54) is 10.1 Å². The standard InChI is InChI=1S/C23H27NO3/c1-22(2,3)17-7-9-18(10-8-17)26-19-11-12-20-16(15-19)13-14-24(20)21(25)27-23(4,5)6/h7-15H,1-6H3. The Morgan fingerprint density at radius 3 is 2.07 bits per heavy atom. The molecule has 1 aromatic heterocycles. The SMILES string of the molecule is CC(C)(C)OC(=O)n1ccc2cc(Oc3ccc(C(C)(C)C)cc3)ccc21. The topological polar surface area (TPSA) is 40.5 Å².